The highest BCUT2D eigenvalue weighted by Gasteiger charge is 2.20. The van der Waals surface area contributed by atoms with Crippen LogP contribution < -0.4 is 10.6 Å². The molecule has 2 N–H and O–H groups in total. The average Bonchev–Trinajstić information content (AvgIpc) is 2.62. The SMILES string of the molecule is O=C(NC1CCCCCC1)NC1CCOC1. The van der Waals surface area contributed by atoms with Crippen molar-refractivity contribution in [2.45, 2.75) is 57.0 Å². The molecule has 1 saturated carbocycles. The fraction of sp³-hybridized carbons (Fsp3) is 0.917. The second-order valence-electron chi connectivity index (χ2n) is 4.87. The lowest BCUT2D eigenvalue weighted by Gasteiger charge is -2.18. The van der Waals surface area contributed by atoms with Gasteiger partial charge in [0.15, 0.2) is 0 Å². The Morgan fingerprint density at radius 2 is 1.62 bits per heavy atom. The Hall–Kier alpha value is -0.770. The van der Waals surface area contributed by atoms with Crippen LogP contribution in [0.2, 0.25) is 0 Å². The Balaban J connectivity index is 1.68. The summed E-state index contributed by atoms with van der Waals surface area (Å²) in [5.41, 5.74) is 0. The van der Waals surface area contributed by atoms with Gasteiger partial charge in [0.25, 0.3) is 0 Å². The largest absolute Gasteiger partial charge is 0.379 e. The van der Waals surface area contributed by atoms with Crippen LogP contribution in [0.5, 0.6) is 0 Å². The van der Waals surface area contributed by atoms with Gasteiger partial charge in [-0.2, -0.15) is 0 Å². The molecule has 0 aromatic rings. The second kappa shape index (κ2) is 6.09. The van der Waals surface area contributed by atoms with E-state index < -0.39 is 0 Å². The Bertz CT molecular complexity index is 219. The van der Waals surface area contributed by atoms with Crippen molar-refractivity contribution in [3.63, 3.8) is 0 Å². The van der Waals surface area contributed by atoms with Crippen molar-refractivity contribution < 1.29 is 9.53 Å². The van der Waals surface area contributed by atoms with E-state index in [1.807, 2.05) is 0 Å². The van der Waals surface area contributed by atoms with Crippen molar-refractivity contribution >= 4 is 6.03 Å². The van der Waals surface area contributed by atoms with Crippen LogP contribution in [0.25, 0.3) is 0 Å². The smallest absolute Gasteiger partial charge is 0.315 e. The Labute approximate surface area is 97.1 Å². The summed E-state index contributed by atoms with van der Waals surface area (Å²) in [4.78, 5) is 11.7. The summed E-state index contributed by atoms with van der Waals surface area (Å²) in [6, 6.07) is 0.581. The Morgan fingerprint density at radius 1 is 0.938 bits per heavy atom. The topological polar surface area (TPSA) is 50.4 Å². The molecule has 2 aliphatic rings. The van der Waals surface area contributed by atoms with E-state index in [2.05, 4.69) is 10.6 Å². The summed E-state index contributed by atoms with van der Waals surface area (Å²) >= 11 is 0. The molecule has 0 radical (unpaired) electrons. The lowest BCUT2D eigenvalue weighted by molar-refractivity contribution is 0.188. The van der Waals surface area contributed by atoms with Crippen LogP contribution in [-0.2, 0) is 4.74 Å². The first-order valence-electron chi connectivity index (χ1n) is 6.49. The van der Waals surface area contributed by atoms with Gasteiger partial charge in [-0.25, -0.2) is 4.79 Å². The number of urea groups is 1. The molecule has 4 heteroatoms. The van der Waals surface area contributed by atoms with Gasteiger partial charge < -0.3 is 15.4 Å². The van der Waals surface area contributed by atoms with E-state index in [9.17, 15) is 4.79 Å². The van der Waals surface area contributed by atoms with Gasteiger partial charge in [-0.05, 0) is 19.3 Å². The Kier molecular flexibility index (Phi) is 4.45. The van der Waals surface area contributed by atoms with Crippen LogP contribution in [0.3, 0.4) is 0 Å². The normalized spacial score (nSPS) is 27.4. The van der Waals surface area contributed by atoms with E-state index in [0.717, 1.165) is 25.9 Å². The van der Waals surface area contributed by atoms with E-state index in [0.29, 0.717) is 12.6 Å². The molecule has 1 unspecified atom stereocenters. The minimum Gasteiger partial charge on any atom is -0.379 e. The molecule has 1 atom stereocenters. The molecule has 1 aliphatic heterocycles. The van der Waals surface area contributed by atoms with Crippen molar-refractivity contribution in [1.82, 2.24) is 10.6 Å². The monoisotopic (exact) mass is 226 g/mol. The maximum absolute atomic E-state index is 11.7. The molecule has 4 nitrogen and oxygen atoms in total. The summed E-state index contributed by atoms with van der Waals surface area (Å²) in [5.74, 6) is 0. The summed E-state index contributed by atoms with van der Waals surface area (Å²) in [6.07, 6.45) is 8.34. The zero-order valence-electron chi connectivity index (χ0n) is 9.84. The highest BCUT2D eigenvalue weighted by molar-refractivity contribution is 5.74. The molecule has 0 aromatic heterocycles. The van der Waals surface area contributed by atoms with Gasteiger partial charge >= 0.3 is 6.03 Å². The molecule has 0 spiro atoms. The van der Waals surface area contributed by atoms with Crippen molar-refractivity contribution in [1.29, 1.82) is 0 Å². The molecule has 1 heterocycles. The van der Waals surface area contributed by atoms with E-state index in [1.165, 1.54) is 25.7 Å². The molecule has 1 saturated heterocycles. The number of carbonyl (C=O) groups is 1. The van der Waals surface area contributed by atoms with E-state index >= 15 is 0 Å². The molecule has 2 rings (SSSR count). The first-order chi connectivity index (χ1) is 7.84. The number of ether oxygens (including phenoxy) is 1. The van der Waals surface area contributed by atoms with E-state index in [4.69, 9.17) is 4.74 Å². The quantitative estimate of drug-likeness (QED) is 0.705. The molecular formula is C12H22N2O2. The van der Waals surface area contributed by atoms with Gasteiger partial charge in [0.2, 0.25) is 0 Å². The molecule has 2 amide bonds. The van der Waals surface area contributed by atoms with Gasteiger partial charge in [-0.15, -0.1) is 0 Å². The number of amides is 2. The minimum absolute atomic E-state index is 0.0117. The number of carbonyl (C=O) groups excluding carboxylic acids is 1. The average molecular weight is 226 g/mol. The van der Waals surface area contributed by atoms with Crippen LogP contribution in [0, 0.1) is 0 Å². The van der Waals surface area contributed by atoms with Gasteiger partial charge in [0.1, 0.15) is 0 Å². The standard InChI is InChI=1S/C12H22N2O2/c15-12(14-11-7-8-16-9-11)13-10-5-3-1-2-4-6-10/h10-11H,1-9H2,(H2,13,14,15). The predicted molar refractivity (Wildman–Crippen MR) is 62.4 cm³/mol. The third-order valence-corrected chi connectivity index (χ3v) is 3.46. The molecule has 16 heavy (non-hydrogen) atoms. The maximum atomic E-state index is 11.7. The number of nitrogens with one attached hydrogen (secondary N) is 2. The fourth-order valence-corrected chi connectivity index (χ4v) is 2.48. The lowest BCUT2D eigenvalue weighted by Crippen LogP contribution is -2.46. The Morgan fingerprint density at radius 3 is 2.25 bits per heavy atom. The molecule has 1 aliphatic carbocycles. The third kappa shape index (κ3) is 3.67. The van der Waals surface area contributed by atoms with Gasteiger partial charge in [-0.1, -0.05) is 25.7 Å². The van der Waals surface area contributed by atoms with Crippen LogP contribution >= 0.6 is 0 Å². The van der Waals surface area contributed by atoms with Gasteiger partial charge in [0, 0.05) is 12.6 Å². The third-order valence-electron chi connectivity index (χ3n) is 3.46. The summed E-state index contributed by atoms with van der Waals surface area (Å²) in [7, 11) is 0. The number of hydrogen-bond donors (Lipinski definition) is 2. The van der Waals surface area contributed by atoms with Gasteiger partial charge in [-0.3, -0.25) is 0 Å². The summed E-state index contributed by atoms with van der Waals surface area (Å²) in [5, 5.41) is 6.05. The first-order valence-corrected chi connectivity index (χ1v) is 6.49. The van der Waals surface area contributed by atoms with Crippen molar-refractivity contribution in [2.75, 3.05) is 13.2 Å². The fourth-order valence-electron chi connectivity index (χ4n) is 2.48. The van der Waals surface area contributed by atoms with Crippen molar-refractivity contribution in [3.05, 3.63) is 0 Å². The molecule has 92 valence electrons. The maximum Gasteiger partial charge on any atom is 0.315 e. The second-order valence-corrected chi connectivity index (χ2v) is 4.87. The van der Waals surface area contributed by atoms with E-state index in [-0.39, 0.29) is 12.1 Å². The van der Waals surface area contributed by atoms with Crippen LogP contribution in [0.15, 0.2) is 0 Å². The molecular weight excluding hydrogens is 204 g/mol. The zero-order chi connectivity index (χ0) is 11.2. The van der Waals surface area contributed by atoms with Crippen LogP contribution in [0.4, 0.5) is 4.79 Å². The minimum atomic E-state index is -0.0117. The number of rotatable bonds is 2. The summed E-state index contributed by atoms with van der Waals surface area (Å²) < 4.78 is 5.23. The van der Waals surface area contributed by atoms with Gasteiger partial charge in [0.05, 0.1) is 12.6 Å². The highest BCUT2D eigenvalue weighted by Crippen LogP contribution is 2.17. The molecule has 0 aromatic carbocycles. The highest BCUT2D eigenvalue weighted by atomic mass is 16.5. The van der Waals surface area contributed by atoms with Crippen LogP contribution in [0.1, 0.15) is 44.9 Å². The molecule has 0 bridgehead atoms. The molecule has 2 fully saturated rings. The predicted octanol–water partition coefficient (Wildman–Crippen LogP) is 1.80. The first kappa shape index (κ1) is 11.7. The van der Waals surface area contributed by atoms with Crippen LogP contribution in [-0.4, -0.2) is 31.3 Å². The van der Waals surface area contributed by atoms with E-state index in [1.54, 1.807) is 0 Å². The van der Waals surface area contributed by atoms with Crippen molar-refractivity contribution in [3.8, 4) is 0 Å². The van der Waals surface area contributed by atoms with Crippen molar-refractivity contribution in [2.24, 2.45) is 0 Å². The number of hydrogen-bond acceptors (Lipinski definition) is 2. The lowest BCUT2D eigenvalue weighted by atomic mass is 10.1. The zero-order valence-corrected chi connectivity index (χ0v) is 9.84. The summed E-state index contributed by atoms with van der Waals surface area (Å²) in [6.45, 7) is 1.44.